The monoisotopic (exact) mass is 244 g/mol. The summed E-state index contributed by atoms with van der Waals surface area (Å²) in [6, 6.07) is 10.4. The number of rotatable bonds is 1. The van der Waals surface area contributed by atoms with E-state index in [0.717, 1.165) is 0 Å². The maximum Gasteiger partial charge on any atom is 0.312 e. The molecule has 1 aromatic carbocycles. The van der Waals surface area contributed by atoms with Crippen molar-refractivity contribution in [3.05, 3.63) is 30.3 Å². The molecule has 0 unspecified atom stereocenters. The summed E-state index contributed by atoms with van der Waals surface area (Å²) in [5.74, 6) is 0. The summed E-state index contributed by atoms with van der Waals surface area (Å²) in [5.41, 5.74) is 0. The van der Waals surface area contributed by atoms with Gasteiger partial charge < -0.3 is 12.4 Å². The third-order valence-electron chi connectivity index (χ3n) is 1.72. The highest BCUT2D eigenvalue weighted by Gasteiger charge is 2.12. The second kappa shape index (κ2) is 6.75. The zero-order valence-corrected chi connectivity index (χ0v) is 11.1. The molecular weight excluding hydrogens is 228 g/mol. The summed E-state index contributed by atoms with van der Waals surface area (Å²) in [6.07, 6.45) is 0. The number of hydrogen-bond donors (Lipinski definition) is 0. The zero-order valence-electron chi connectivity index (χ0n) is 9.57. The Morgan fingerprint density at radius 1 is 1.13 bits per heavy atom. The molecule has 0 aliphatic rings. The Morgan fingerprint density at radius 2 is 1.67 bits per heavy atom. The van der Waals surface area contributed by atoms with Gasteiger partial charge in [-0.25, -0.2) is 0 Å². The second-order valence-corrected chi connectivity index (χ2v) is 4.53. The Labute approximate surface area is 102 Å². The molecular formula is C11H17ClN2S. The first-order valence-corrected chi connectivity index (χ1v) is 5.37. The highest BCUT2D eigenvalue weighted by atomic mass is 35.5. The van der Waals surface area contributed by atoms with Crippen LogP contribution >= 0.6 is 11.8 Å². The summed E-state index contributed by atoms with van der Waals surface area (Å²) in [6.45, 7) is 0. The molecule has 0 saturated heterocycles. The fraction of sp³-hybridized carbons (Fsp3) is 0.364. The van der Waals surface area contributed by atoms with E-state index in [-0.39, 0.29) is 12.4 Å². The maximum absolute atomic E-state index is 2.12. The molecule has 0 aliphatic carbocycles. The van der Waals surface area contributed by atoms with Crippen LogP contribution in [0, 0.1) is 0 Å². The van der Waals surface area contributed by atoms with E-state index in [1.807, 2.05) is 6.07 Å². The van der Waals surface area contributed by atoms with Crippen LogP contribution in [0.15, 0.2) is 35.2 Å². The fourth-order valence-corrected chi connectivity index (χ4v) is 2.05. The minimum atomic E-state index is 0. The number of nitrogens with zero attached hydrogens (tertiary/aromatic N) is 2. The van der Waals surface area contributed by atoms with Crippen molar-refractivity contribution in [3.63, 3.8) is 0 Å². The Balaban J connectivity index is 0.00000196. The highest BCUT2D eigenvalue weighted by molar-refractivity contribution is 8.13. The lowest BCUT2D eigenvalue weighted by molar-refractivity contribution is -0.466. The molecule has 0 saturated carbocycles. The van der Waals surface area contributed by atoms with Gasteiger partial charge >= 0.3 is 5.17 Å². The lowest BCUT2D eigenvalue weighted by atomic mass is 10.4. The summed E-state index contributed by atoms with van der Waals surface area (Å²) < 4.78 is 2.12. The topological polar surface area (TPSA) is 6.25 Å². The van der Waals surface area contributed by atoms with Crippen LogP contribution in [0.5, 0.6) is 0 Å². The largest absolute Gasteiger partial charge is 1.00 e. The van der Waals surface area contributed by atoms with Gasteiger partial charge in [0.1, 0.15) is 0 Å². The molecule has 1 rings (SSSR count). The van der Waals surface area contributed by atoms with Crippen LogP contribution in [0.25, 0.3) is 0 Å². The highest BCUT2D eigenvalue weighted by Crippen LogP contribution is 2.19. The van der Waals surface area contributed by atoms with Gasteiger partial charge in [-0.1, -0.05) is 18.2 Å². The van der Waals surface area contributed by atoms with E-state index in [9.17, 15) is 0 Å². The molecule has 1 aromatic rings. The number of hydrogen-bond acceptors (Lipinski definition) is 1. The van der Waals surface area contributed by atoms with E-state index in [4.69, 9.17) is 0 Å². The molecule has 0 heterocycles. The first-order valence-electron chi connectivity index (χ1n) is 4.55. The van der Waals surface area contributed by atoms with E-state index in [2.05, 4.69) is 61.9 Å². The molecule has 0 N–H and O–H groups in total. The van der Waals surface area contributed by atoms with Crippen molar-refractivity contribution in [1.29, 1.82) is 0 Å². The van der Waals surface area contributed by atoms with Crippen LogP contribution in [0.2, 0.25) is 0 Å². The third kappa shape index (κ3) is 4.58. The van der Waals surface area contributed by atoms with Crippen LogP contribution in [0.4, 0.5) is 0 Å². The van der Waals surface area contributed by atoms with E-state index in [0.29, 0.717) is 0 Å². The number of halogens is 1. The van der Waals surface area contributed by atoms with Crippen molar-refractivity contribution < 1.29 is 17.0 Å². The SMILES string of the molecule is CN(C)C(Sc1ccccc1)=[N+](C)C.[Cl-]. The van der Waals surface area contributed by atoms with Crippen molar-refractivity contribution in [2.24, 2.45) is 0 Å². The lowest BCUT2D eigenvalue weighted by Crippen LogP contribution is -3.00. The maximum atomic E-state index is 2.12. The van der Waals surface area contributed by atoms with Crippen LogP contribution < -0.4 is 12.4 Å². The van der Waals surface area contributed by atoms with Gasteiger partial charge in [-0.3, -0.25) is 9.48 Å². The van der Waals surface area contributed by atoms with Crippen molar-refractivity contribution in [2.45, 2.75) is 4.90 Å². The Hall–Kier alpha value is -0.670. The van der Waals surface area contributed by atoms with Crippen molar-refractivity contribution in [3.8, 4) is 0 Å². The van der Waals surface area contributed by atoms with Crippen molar-refractivity contribution in [1.82, 2.24) is 4.90 Å². The van der Waals surface area contributed by atoms with Crippen molar-refractivity contribution >= 4 is 16.9 Å². The first kappa shape index (κ1) is 14.3. The number of thioether (sulfide) groups is 1. The van der Waals surface area contributed by atoms with E-state index in [1.54, 1.807) is 11.8 Å². The van der Waals surface area contributed by atoms with Gasteiger partial charge in [-0.15, -0.1) is 0 Å². The van der Waals surface area contributed by atoms with Gasteiger partial charge in [0, 0.05) is 4.90 Å². The lowest BCUT2D eigenvalue weighted by Gasteiger charge is -2.10. The van der Waals surface area contributed by atoms with E-state index < -0.39 is 0 Å². The van der Waals surface area contributed by atoms with Crippen molar-refractivity contribution in [2.75, 3.05) is 28.2 Å². The quantitative estimate of drug-likeness (QED) is 0.270. The Kier molecular flexibility index (Phi) is 6.45. The number of amidine groups is 1. The zero-order chi connectivity index (χ0) is 10.6. The molecule has 0 aromatic heterocycles. The molecule has 15 heavy (non-hydrogen) atoms. The minimum absolute atomic E-state index is 0. The molecule has 0 spiro atoms. The predicted octanol–water partition coefficient (Wildman–Crippen LogP) is -1.03. The second-order valence-electron chi connectivity index (χ2n) is 3.49. The Morgan fingerprint density at radius 3 is 2.07 bits per heavy atom. The molecule has 0 atom stereocenters. The minimum Gasteiger partial charge on any atom is -1.00 e. The predicted molar refractivity (Wildman–Crippen MR) is 63.1 cm³/mol. The van der Waals surface area contributed by atoms with Gasteiger partial charge in [0.05, 0.1) is 28.2 Å². The fourth-order valence-electron chi connectivity index (χ4n) is 1.18. The molecule has 84 valence electrons. The molecule has 0 fully saturated rings. The Bertz CT molecular complexity index is 319. The van der Waals surface area contributed by atoms with Gasteiger partial charge in [-0.05, 0) is 23.9 Å². The van der Waals surface area contributed by atoms with Crippen LogP contribution in [-0.4, -0.2) is 42.8 Å². The summed E-state index contributed by atoms with van der Waals surface area (Å²) in [7, 11) is 8.24. The summed E-state index contributed by atoms with van der Waals surface area (Å²) >= 11 is 1.77. The van der Waals surface area contributed by atoms with Gasteiger partial charge in [0.25, 0.3) is 0 Å². The molecule has 0 radical (unpaired) electrons. The van der Waals surface area contributed by atoms with Crippen LogP contribution in [0.1, 0.15) is 0 Å². The van der Waals surface area contributed by atoms with Crippen LogP contribution in [-0.2, 0) is 0 Å². The van der Waals surface area contributed by atoms with E-state index >= 15 is 0 Å². The van der Waals surface area contributed by atoms with Gasteiger partial charge in [-0.2, -0.15) is 0 Å². The standard InChI is InChI=1S/C11H17N2S.ClH/c1-12(2)11(13(3)4)14-10-8-6-5-7-9-10;/h5-9H,1-4H3;1H/q+1;/p-1. The van der Waals surface area contributed by atoms with Gasteiger partial charge in [0.15, 0.2) is 0 Å². The summed E-state index contributed by atoms with van der Waals surface area (Å²) in [4.78, 5) is 3.39. The first-order chi connectivity index (χ1) is 6.61. The molecule has 0 amide bonds. The average Bonchev–Trinajstić information content (AvgIpc) is 2.15. The van der Waals surface area contributed by atoms with Crippen LogP contribution in [0.3, 0.4) is 0 Å². The smallest absolute Gasteiger partial charge is 0.312 e. The molecule has 0 aliphatic heterocycles. The molecule has 4 heteroatoms. The normalized spacial score (nSPS) is 9.07. The number of benzene rings is 1. The van der Waals surface area contributed by atoms with E-state index in [1.165, 1.54) is 10.1 Å². The average molecular weight is 245 g/mol. The summed E-state index contributed by atoms with van der Waals surface area (Å²) in [5, 5.41) is 1.23. The van der Waals surface area contributed by atoms with Gasteiger partial charge in [0.2, 0.25) is 0 Å². The molecule has 0 bridgehead atoms. The molecule has 2 nitrogen and oxygen atoms in total. The third-order valence-corrected chi connectivity index (χ3v) is 3.14.